The molecule has 9 nitrogen and oxygen atoms in total. The SMILES string of the molecule is CC(=O)CC(=O)OC(OC(=O)CC(C)=O)c1cccc([N+](=O)[O-])c1. The number of hydrogen-bond acceptors (Lipinski definition) is 8. The lowest BCUT2D eigenvalue weighted by Crippen LogP contribution is -2.20. The Morgan fingerprint density at radius 3 is 1.96 bits per heavy atom. The van der Waals surface area contributed by atoms with Crippen molar-refractivity contribution in [2.45, 2.75) is 33.0 Å². The molecule has 0 N–H and O–H groups in total. The molecule has 0 fully saturated rings. The first-order valence-corrected chi connectivity index (χ1v) is 6.81. The van der Waals surface area contributed by atoms with E-state index in [-0.39, 0.29) is 11.3 Å². The lowest BCUT2D eigenvalue weighted by Gasteiger charge is -2.18. The average molecular weight is 337 g/mol. The second-order valence-corrected chi connectivity index (χ2v) is 4.92. The van der Waals surface area contributed by atoms with E-state index < -0.39 is 47.6 Å². The van der Waals surface area contributed by atoms with Crippen LogP contribution in [-0.2, 0) is 28.7 Å². The van der Waals surface area contributed by atoms with Crippen LogP contribution in [0.4, 0.5) is 5.69 Å². The Balaban J connectivity index is 3.03. The Hall–Kier alpha value is -3.10. The van der Waals surface area contributed by atoms with Gasteiger partial charge in [0.15, 0.2) is 0 Å². The van der Waals surface area contributed by atoms with E-state index in [4.69, 9.17) is 9.47 Å². The van der Waals surface area contributed by atoms with Crippen LogP contribution in [0.15, 0.2) is 24.3 Å². The molecule has 128 valence electrons. The van der Waals surface area contributed by atoms with Crippen LogP contribution in [0.3, 0.4) is 0 Å². The van der Waals surface area contributed by atoms with E-state index in [9.17, 15) is 29.3 Å². The number of hydrogen-bond donors (Lipinski definition) is 0. The van der Waals surface area contributed by atoms with E-state index >= 15 is 0 Å². The highest BCUT2D eigenvalue weighted by atomic mass is 16.7. The van der Waals surface area contributed by atoms with Gasteiger partial charge >= 0.3 is 11.9 Å². The number of rotatable bonds is 8. The second kappa shape index (κ2) is 8.51. The average Bonchev–Trinajstić information content (AvgIpc) is 2.44. The number of esters is 2. The van der Waals surface area contributed by atoms with E-state index in [2.05, 4.69) is 0 Å². The maximum Gasteiger partial charge on any atom is 0.316 e. The van der Waals surface area contributed by atoms with Crippen molar-refractivity contribution < 1.29 is 33.6 Å². The molecular formula is C15H15NO8. The van der Waals surface area contributed by atoms with Crippen LogP contribution in [0.1, 0.15) is 38.5 Å². The summed E-state index contributed by atoms with van der Waals surface area (Å²) in [5.41, 5.74) is -0.277. The van der Waals surface area contributed by atoms with Gasteiger partial charge < -0.3 is 9.47 Å². The van der Waals surface area contributed by atoms with Crippen molar-refractivity contribution in [1.82, 2.24) is 0 Å². The summed E-state index contributed by atoms with van der Waals surface area (Å²) in [7, 11) is 0. The van der Waals surface area contributed by atoms with Crippen molar-refractivity contribution in [2.75, 3.05) is 0 Å². The molecule has 0 spiro atoms. The summed E-state index contributed by atoms with van der Waals surface area (Å²) in [4.78, 5) is 55.3. The van der Waals surface area contributed by atoms with E-state index in [1.165, 1.54) is 32.0 Å². The Morgan fingerprint density at radius 1 is 1.04 bits per heavy atom. The van der Waals surface area contributed by atoms with Crippen LogP contribution in [0, 0.1) is 10.1 Å². The van der Waals surface area contributed by atoms with Crippen molar-refractivity contribution in [3.05, 3.63) is 39.9 Å². The molecule has 1 rings (SSSR count). The minimum absolute atomic E-state index is 0.0259. The summed E-state index contributed by atoms with van der Waals surface area (Å²) in [5.74, 6) is -2.86. The standard InChI is InChI=1S/C15H15NO8/c1-9(17)6-13(19)23-15(24-14(20)7-10(2)18)11-4-3-5-12(8-11)16(21)22/h3-5,8,15H,6-7H2,1-2H3. The van der Waals surface area contributed by atoms with Crippen molar-refractivity contribution in [2.24, 2.45) is 0 Å². The molecule has 0 radical (unpaired) electrons. The minimum atomic E-state index is -1.59. The topological polar surface area (TPSA) is 130 Å². The van der Waals surface area contributed by atoms with Crippen LogP contribution in [-0.4, -0.2) is 28.4 Å². The number of ether oxygens (including phenoxy) is 2. The predicted molar refractivity (Wildman–Crippen MR) is 78.6 cm³/mol. The highest BCUT2D eigenvalue weighted by Crippen LogP contribution is 2.24. The van der Waals surface area contributed by atoms with Gasteiger partial charge in [0.1, 0.15) is 24.4 Å². The van der Waals surface area contributed by atoms with Gasteiger partial charge in [-0.2, -0.15) is 0 Å². The largest absolute Gasteiger partial charge is 0.420 e. The molecule has 24 heavy (non-hydrogen) atoms. The van der Waals surface area contributed by atoms with E-state index in [0.29, 0.717) is 0 Å². The Morgan fingerprint density at radius 2 is 1.54 bits per heavy atom. The number of Topliss-reactive ketones (excluding diaryl/α,β-unsaturated/α-hetero) is 2. The molecule has 1 aromatic rings. The molecule has 0 aliphatic carbocycles. The van der Waals surface area contributed by atoms with Crippen LogP contribution >= 0.6 is 0 Å². The van der Waals surface area contributed by atoms with Crippen molar-refractivity contribution in [3.63, 3.8) is 0 Å². The van der Waals surface area contributed by atoms with Gasteiger partial charge in [0.25, 0.3) is 12.0 Å². The summed E-state index contributed by atoms with van der Waals surface area (Å²) < 4.78 is 9.80. The maximum atomic E-state index is 11.6. The molecule has 0 aliphatic heterocycles. The third-order valence-electron chi connectivity index (χ3n) is 2.62. The zero-order valence-corrected chi connectivity index (χ0v) is 13.0. The van der Waals surface area contributed by atoms with Gasteiger partial charge in [-0.25, -0.2) is 0 Å². The monoisotopic (exact) mass is 337 g/mol. The number of nitro groups is 1. The lowest BCUT2D eigenvalue weighted by atomic mass is 10.2. The fourth-order valence-corrected chi connectivity index (χ4v) is 1.67. The zero-order chi connectivity index (χ0) is 18.3. The number of nitro benzene ring substituents is 1. The molecule has 0 aromatic heterocycles. The van der Waals surface area contributed by atoms with E-state index in [0.717, 1.165) is 6.07 Å². The smallest absolute Gasteiger partial charge is 0.316 e. The third-order valence-corrected chi connectivity index (χ3v) is 2.62. The lowest BCUT2D eigenvalue weighted by molar-refractivity contribution is -0.385. The fraction of sp³-hybridized carbons (Fsp3) is 0.333. The van der Waals surface area contributed by atoms with Gasteiger partial charge in [-0.15, -0.1) is 0 Å². The number of carbonyl (C=O) groups excluding carboxylic acids is 4. The molecule has 0 amide bonds. The Kier molecular flexibility index (Phi) is 6.72. The number of non-ortho nitro benzene ring substituents is 1. The highest BCUT2D eigenvalue weighted by molar-refractivity contribution is 5.95. The van der Waals surface area contributed by atoms with Gasteiger partial charge in [-0.3, -0.25) is 29.3 Å². The van der Waals surface area contributed by atoms with Gasteiger partial charge in [0.05, 0.1) is 4.92 Å². The van der Waals surface area contributed by atoms with Gasteiger partial charge in [-0.05, 0) is 13.8 Å². The predicted octanol–water partition coefficient (Wildman–Crippen LogP) is 1.64. The molecular weight excluding hydrogens is 322 g/mol. The Labute approximate surface area is 136 Å². The van der Waals surface area contributed by atoms with Crippen LogP contribution in [0.5, 0.6) is 0 Å². The zero-order valence-electron chi connectivity index (χ0n) is 13.0. The summed E-state index contributed by atoms with van der Waals surface area (Å²) in [6, 6.07) is 4.93. The normalized spacial score (nSPS) is 10.1. The van der Waals surface area contributed by atoms with Crippen LogP contribution in [0.2, 0.25) is 0 Å². The molecule has 0 saturated carbocycles. The fourth-order valence-electron chi connectivity index (χ4n) is 1.67. The molecule has 0 bridgehead atoms. The number of ketones is 2. The molecule has 0 unspecified atom stereocenters. The summed E-state index contributed by atoms with van der Waals surface area (Å²) in [5, 5.41) is 10.8. The summed E-state index contributed by atoms with van der Waals surface area (Å²) in [6.07, 6.45) is -2.69. The van der Waals surface area contributed by atoms with Crippen molar-refractivity contribution in [1.29, 1.82) is 0 Å². The van der Waals surface area contributed by atoms with Gasteiger partial charge in [0, 0.05) is 17.7 Å². The third kappa shape index (κ3) is 6.34. The van der Waals surface area contributed by atoms with Crippen LogP contribution < -0.4 is 0 Å². The van der Waals surface area contributed by atoms with Gasteiger partial charge in [-0.1, -0.05) is 12.1 Å². The molecule has 0 heterocycles. The highest BCUT2D eigenvalue weighted by Gasteiger charge is 2.24. The minimum Gasteiger partial charge on any atom is -0.420 e. The number of nitrogens with zero attached hydrogens (tertiary/aromatic N) is 1. The molecule has 0 atom stereocenters. The van der Waals surface area contributed by atoms with Crippen LogP contribution in [0.25, 0.3) is 0 Å². The number of benzene rings is 1. The first-order valence-electron chi connectivity index (χ1n) is 6.81. The van der Waals surface area contributed by atoms with E-state index in [1.54, 1.807) is 0 Å². The quantitative estimate of drug-likeness (QED) is 0.230. The van der Waals surface area contributed by atoms with Crippen molar-refractivity contribution in [3.8, 4) is 0 Å². The maximum absolute atomic E-state index is 11.6. The summed E-state index contributed by atoms with van der Waals surface area (Å²) in [6.45, 7) is 2.34. The molecule has 0 aliphatic rings. The number of carbonyl (C=O) groups is 4. The molecule has 9 heteroatoms. The van der Waals surface area contributed by atoms with Gasteiger partial charge in [0.2, 0.25) is 0 Å². The summed E-state index contributed by atoms with van der Waals surface area (Å²) >= 11 is 0. The molecule has 0 saturated heterocycles. The first-order chi connectivity index (χ1) is 11.2. The van der Waals surface area contributed by atoms with E-state index in [1.807, 2.05) is 0 Å². The second-order valence-electron chi connectivity index (χ2n) is 4.92. The van der Waals surface area contributed by atoms with Crippen molar-refractivity contribution >= 4 is 29.2 Å². The first kappa shape index (κ1) is 18.9. The Bertz CT molecular complexity index is 652. The molecule has 1 aromatic carbocycles.